The molecular weight excluding hydrogens is 476 g/mol. The second-order valence-corrected chi connectivity index (χ2v) is 10.5. The minimum absolute atomic E-state index is 0.530. The van der Waals surface area contributed by atoms with E-state index in [-0.39, 0.29) is 0 Å². The van der Waals surface area contributed by atoms with Crippen LogP contribution in [0.25, 0.3) is 27.9 Å². The maximum Gasteiger partial charge on any atom is 0.248 e. The van der Waals surface area contributed by atoms with Crippen LogP contribution in [0.15, 0.2) is 48.9 Å². The van der Waals surface area contributed by atoms with Crippen LogP contribution in [0.2, 0.25) is 0 Å². The molecule has 10 nitrogen and oxygen atoms in total. The molecule has 10 heteroatoms. The Morgan fingerprint density at radius 3 is 2.63 bits per heavy atom. The molecule has 1 saturated heterocycles. The van der Waals surface area contributed by atoms with Gasteiger partial charge in [-0.15, -0.1) is 5.10 Å². The molecule has 0 amide bonds. The normalized spacial score (nSPS) is 17.8. The lowest BCUT2D eigenvalue weighted by atomic mass is 10.1. The minimum Gasteiger partial charge on any atom is -0.353 e. The topological polar surface area (TPSA) is 109 Å². The molecule has 2 N–H and O–H groups in total. The van der Waals surface area contributed by atoms with Crippen molar-refractivity contribution < 1.29 is 0 Å². The van der Waals surface area contributed by atoms with Crippen molar-refractivity contribution >= 4 is 34.1 Å². The van der Waals surface area contributed by atoms with E-state index in [0.29, 0.717) is 29.4 Å². The summed E-state index contributed by atoms with van der Waals surface area (Å²) in [6, 6.07) is 10.1. The van der Waals surface area contributed by atoms with E-state index >= 15 is 0 Å². The van der Waals surface area contributed by atoms with Crippen molar-refractivity contribution in [3.05, 3.63) is 60.2 Å². The van der Waals surface area contributed by atoms with Crippen LogP contribution in [-0.4, -0.2) is 60.7 Å². The minimum atomic E-state index is 0.530. The third-order valence-corrected chi connectivity index (χ3v) is 7.69. The van der Waals surface area contributed by atoms with E-state index in [1.165, 1.54) is 36.9 Å². The van der Waals surface area contributed by atoms with Gasteiger partial charge in [-0.3, -0.25) is 4.98 Å². The molecule has 3 aliphatic rings. The molecule has 0 atom stereocenters. The molecule has 5 aromatic heterocycles. The largest absolute Gasteiger partial charge is 0.353 e. The summed E-state index contributed by atoms with van der Waals surface area (Å²) in [6.45, 7) is 3.73. The van der Waals surface area contributed by atoms with E-state index in [2.05, 4.69) is 42.6 Å². The van der Waals surface area contributed by atoms with Crippen molar-refractivity contribution in [3.8, 4) is 11.4 Å². The predicted octanol–water partition coefficient (Wildman–Crippen LogP) is 4.04. The zero-order chi connectivity index (χ0) is 25.1. The Balaban J connectivity index is 1.18. The van der Waals surface area contributed by atoms with Gasteiger partial charge in [0.05, 0.1) is 11.7 Å². The Hall–Kier alpha value is -4.18. The van der Waals surface area contributed by atoms with Crippen LogP contribution in [0.5, 0.6) is 0 Å². The van der Waals surface area contributed by atoms with Gasteiger partial charge in [-0.05, 0) is 61.4 Å². The molecule has 0 radical (unpaired) electrons. The van der Waals surface area contributed by atoms with Gasteiger partial charge in [-0.25, -0.2) is 19.5 Å². The van der Waals surface area contributed by atoms with E-state index in [1.807, 2.05) is 35.1 Å². The highest BCUT2D eigenvalue weighted by molar-refractivity contribution is 5.94. The molecule has 3 fully saturated rings. The Morgan fingerprint density at radius 1 is 0.921 bits per heavy atom. The van der Waals surface area contributed by atoms with Crippen molar-refractivity contribution in [2.75, 3.05) is 36.4 Å². The molecule has 0 bridgehead atoms. The first-order valence-electron chi connectivity index (χ1n) is 13.5. The van der Waals surface area contributed by atoms with E-state index in [4.69, 9.17) is 15.1 Å². The molecule has 0 spiro atoms. The van der Waals surface area contributed by atoms with Crippen LogP contribution in [-0.2, 0) is 0 Å². The first kappa shape index (κ1) is 21.9. The summed E-state index contributed by atoms with van der Waals surface area (Å²) in [5, 5.41) is 12.6. The molecule has 1 aliphatic heterocycles. The summed E-state index contributed by atoms with van der Waals surface area (Å²) in [4.78, 5) is 26.3. The van der Waals surface area contributed by atoms with Crippen LogP contribution < -0.4 is 15.5 Å². The van der Waals surface area contributed by atoms with Gasteiger partial charge in [0.1, 0.15) is 11.6 Å². The van der Waals surface area contributed by atoms with Crippen molar-refractivity contribution in [3.63, 3.8) is 0 Å². The van der Waals surface area contributed by atoms with E-state index in [9.17, 15) is 0 Å². The van der Waals surface area contributed by atoms with Gasteiger partial charge in [-0.2, -0.15) is 4.98 Å². The SMILES string of the molecule is c1cc(C2CC2)n2nc(Nc3cc(-c4nc(N5CCNCC5)c5c(C6CC6)cncc5n4)ccn3)nc2c1. The highest BCUT2D eigenvalue weighted by Crippen LogP contribution is 2.45. The Labute approximate surface area is 219 Å². The van der Waals surface area contributed by atoms with Gasteiger partial charge in [-0.1, -0.05) is 6.07 Å². The van der Waals surface area contributed by atoms with Crippen LogP contribution in [0.3, 0.4) is 0 Å². The number of anilines is 3. The average Bonchev–Trinajstić information content (AvgIpc) is 3.90. The number of pyridine rings is 3. The Bertz CT molecular complexity index is 1660. The fraction of sp³-hybridized carbons (Fsp3) is 0.357. The number of hydrogen-bond acceptors (Lipinski definition) is 9. The third-order valence-electron chi connectivity index (χ3n) is 7.69. The standard InChI is InChI=1S/C28H28N10/c1-2-22(18-6-7-18)38-24(3-1)34-28(36-38)33-23-14-19(8-9-31-23)26-32-21-16-30-15-20(17-4-5-17)25(21)27(35-26)37-12-10-29-11-13-37/h1-3,8-9,14-18,29H,4-7,10-13H2,(H,31,33,36). The maximum absolute atomic E-state index is 5.15. The second-order valence-electron chi connectivity index (χ2n) is 10.5. The first-order chi connectivity index (χ1) is 18.8. The van der Waals surface area contributed by atoms with Crippen LogP contribution >= 0.6 is 0 Å². The van der Waals surface area contributed by atoms with Gasteiger partial charge < -0.3 is 15.5 Å². The van der Waals surface area contributed by atoms with Crippen LogP contribution in [0, 0.1) is 0 Å². The summed E-state index contributed by atoms with van der Waals surface area (Å²) in [5.41, 5.74) is 5.12. The summed E-state index contributed by atoms with van der Waals surface area (Å²) in [6.07, 6.45) is 10.5. The molecule has 0 aromatic carbocycles. The van der Waals surface area contributed by atoms with Gasteiger partial charge in [0.25, 0.3) is 0 Å². The first-order valence-corrected chi connectivity index (χ1v) is 13.5. The molecule has 190 valence electrons. The highest BCUT2D eigenvalue weighted by atomic mass is 15.4. The van der Waals surface area contributed by atoms with Crippen molar-refractivity contribution in [1.82, 2.24) is 39.9 Å². The summed E-state index contributed by atoms with van der Waals surface area (Å²) < 4.78 is 1.94. The Morgan fingerprint density at radius 2 is 1.79 bits per heavy atom. The number of aromatic nitrogens is 7. The van der Waals surface area contributed by atoms with E-state index in [0.717, 1.165) is 54.1 Å². The Kier molecular flexibility index (Phi) is 5.00. The number of piperazine rings is 1. The monoisotopic (exact) mass is 504 g/mol. The highest BCUT2D eigenvalue weighted by Gasteiger charge is 2.29. The van der Waals surface area contributed by atoms with Crippen LogP contribution in [0.1, 0.15) is 48.8 Å². The average molecular weight is 505 g/mol. The number of nitrogens with one attached hydrogen (secondary N) is 2. The summed E-state index contributed by atoms with van der Waals surface area (Å²) in [7, 11) is 0. The molecule has 38 heavy (non-hydrogen) atoms. The molecule has 2 aliphatic carbocycles. The molecule has 2 saturated carbocycles. The third kappa shape index (κ3) is 3.92. The van der Waals surface area contributed by atoms with E-state index < -0.39 is 0 Å². The molecular formula is C28H28N10. The fourth-order valence-electron chi connectivity index (χ4n) is 5.45. The lowest BCUT2D eigenvalue weighted by molar-refractivity contribution is 0.586. The van der Waals surface area contributed by atoms with Gasteiger partial charge in [0.2, 0.25) is 5.95 Å². The van der Waals surface area contributed by atoms with Crippen molar-refractivity contribution in [2.45, 2.75) is 37.5 Å². The summed E-state index contributed by atoms with van der Waals surface area (Å²) in [5.74, 6) is 4.02. The zero-order valence-electron chi connectivity index (χ0n) is 21.0. The maximum atomic E-state index is 5.15. The number of rotatable bonds is 6. The van der Waals surface area contributed by atoms with Gasteiger partial charge in [0, 0.05) is 61.1 Å². The molecule has 8 rings (SSSR count). The van der Waals surface area contributed by atoms with Gasteiger partial charge in [0.15, 0.2) is 11.5 Å². The van der Waals surface area contributed by atoms with E-state index in [1.54, 1.807) is 6.20 Å². The lowest BCUT2D eigenvalue weighted by Gasteiger charge is -2.30. The van der Waals surface area contributed by atoms with Crippen LogP contribution in [0.4, 0.5) is 17.6 Å². The quantitative estimate of drug-likeness (QED) is 0.354. The number of nitrogens with zero attached hydrogens (tertiary/aromatic N) is 8. The molecule has 5 aromatic rings. The smallest absolute Gasteiger partial charge is 0.248 e. The van der Waals surface area contributed by atoms with Gasteiger partial charge >= 0.3 is 0 Å². The lowest BCUT2D eigenvalue weighted by Crippen LogP contribution is -2.44. The second kappa shape index (κ2) is 8.70. The van der Waals surface area contributed by atoms with Crippen molar-refractivity contribution in [2.24, 2.45) is 0 Å². The predicted molar refractivity (Wildman–Crippen MR) is 146 cm³/mol. The summed E-state index contributed by atoms with van der Waals surface area (Å²) >= 11 is 0. The fourth-order valence-corrected chi connectivity index (χ4v) is 5.45. The number of fused-ring (bicyclic) bond motifs is 2. The molecule has 6 heterocycles. The molecule has 0 unspecified atom stereocenters. The van der Waals surface area contributed by atoms with Crippen molar-refractivity contribution in [1.29, 1.82) is 0 Å². The number of hydrogen-bond donors (Lipinski definition) is 2. The zero-order valence-corrected chi connectivity index (χ0v) is 21.0.